The maximum Gasteiger partial charge on any atom is 0.411 e. The fourth-order valence-corrected chi connectivity index (χ4v) is 5.09. The Balaban J connectivity index is 1.60. The fraction of sp³-hybridized carbons (Fsp3) is 0.286. The van der Waals surface area contributed by atoms with Crippen LogP contribution in [0.25, 0.3) is 22.5 Å². The average molecular weight is 580 g/mol. The number of anilines is 2. The van der Waals surface area contributed by atoms with Gasteiger partial charge in [-0.2, -0.15) is 5.10 Å². The SMILES string of the molecule is COC(=O)Nc1ccc(Cl)c(F)c1-c1cc(=O)n(C2CCCC(C)C(=O)Nc3cnn(C)c3-c3ccnc2c3)cn1. The Labute approximate surface area is 239 Å². The summed E-state index contributed by atoms with van der Waals surface area (Å²) in [6.45, 7) is 1.85. The minimum atomic E-state index is -0.843. The maximum absolute atomic E-state index is 15.2. The molecule has 212 valence electrons. The van der Waals surface area contributed by atoms with Crippen molar-refractivity contribution in [2.45, 2.75) is 32.2 Å². The first-order valence-electron chi connectivity index (χ1n) is 12.9. The van der Waals surface area contributed by atoms with E-state index < -0.39 is 23.5 Å². The van der Waals surface area contributed by atoms with Crippen LogP contribution in [0.2, 0.25) is 5.02 Å². The van der Waals surface area contributed by atoms with E-state index in [2.05, 4.69) is 30.4 Å². The number of pyridine rings is 1. The van der Waals surface area contributed by atoms with Crippen molar-refractivity contribution < 1.29 is 18.7 Å². The van der Waals surface area contributed by atoms with Gasteiger partial charge in [0.25, 0.3) is 5.56 Å². The van der Waals surface area contributed by atoms with Crippen LogP contribution >= 0.6 is 11.6 Å². The van der Waals surface area contributed by atoms with E-state index in [9.17, 15) is 14.4 Å². The number of nitrogens with zero attached hydrogens (tertiary/aromatic N) is 5. The number of hydrogen-bond donors (Lipinski definition) is 2. The summed E-state index contributed by atoms with van der Waals surface area (Å²) in [5.74, 6) is -1.24. The quantitative estimate of drug-likeness (QED) is 0.348. The van der Waals surface area contributed by atoms with Crippen LogP contribution in [0.3, 0.4) is 0 Å². The van der Waals surface area contributed by atoms with Crippen LogP contribution < -0.4 is 16.2 Å². The number of rotatable bonds is 3. The third-order valence-electron chi connectivity index (χ3n) is 7.10. The number of nitrogens with one attached hydrogen (secondary N) is 2. The van der Waals surface area contributed by atoms with E-state index >= 15 is 4.39 Å². The van der Waals surface area contributed by atoms with Gasteiger partial charge >= 0.3 is 6.09 Å². The van der Waals surface area contributed by atoms with Crippen molar-refractivity contribution in [1.82, 2.24) is 24.3 Å². The molecule has 4 aromatic rings. The Hall–Kier alpha value is -4.58. The Morgan fingerprint density at radius 1 is 1.20 bits per heavy atom. The summed E-state index contributed by atoms with van der Waals surface area (Å²) in [6.07, 6.45) is 5.45. The molecule has 13 heteroatoms. The van der Waals surface area contributed by atoms with Gasteiger partial charge in [-0.15, -0.1) is 0 Å². The molecule has 2 bridgehead atoms. The Bertz CT molecular complexity index is 1700. The van der Waals surface area contributed by atoms with Crippen LogP contribution in [-0.2, 0) is 16.6 Å². The first-order chi connectivity index (χ1) is 19.7. The van der Waals surface area contributed by atoms with Crippen LogP contribution in [0.4, 0.5) is 20.6 Å². The van der Waals surface area contributed by atoms with Gasteiger partial charge in [0, 0.05) is 30.8 Å². The Kier molecular flexibility index (Phi) is 7.84. The molecule has 4 heterocycles. The number of carbonyl (C=O) groups excluding carboxylic acids is 2. The highest BCUT2D eigenvalue weighted by atomic mass is 35.5. The van der Waals surface area contributed by atoms with Crippen molar-refractivity contribution in [3.05, 3.63) is 75.9 Å². The van der Waals surface area contributed by atoms with E-state index in [1.165, 1.54) is 36.2 Å². The molecule has 3 aromatic heterocycles. The Morgan fingerprint density at radius 3 is 2.76 bits per heavy atom. The summed E-state index contributed by atoms with van der Waals surface area (Å²) >= 11 is 6.01. The zero-order valence-corrected chi connectivity index (χ0v) is 23.3. The molecule has 2 unspecified atom stereocenters. The van der Waals surface area contributed by atoms with Gasteiger partial charge in [-0.3, -0.25) is 29.1 Å². The second-order valence-electron chi connectivity index (χ2n) is 9.76. The molecule has 0 saturated heterocycles. The molecule has 0 saturated carbocycles. The van der Waals surface area contributed by atoms with E-state index in [4.69, 9.17) is 11.6 Å². The van der Waals surface area contributed by atoms with Crippen molar-refractivity contribution in [2.75, 3.05) is 17.7 Å². The summed E-state index contributed by atoms with van der Waals surface area (Å²) < 4.78 is 22.9. The molecular formula is C28H27ClFN7O4. The number of halogens is 2. The normalized spacial score (nSPS) is 17.0. The van der Waals surface area contributed by atoms with E-state index in [0.29, 0.717) is 36.3 Å². The highest BCUT2D eigenvalue weighted by Crippen LogP contribution is 2.35. The Morgan fingerprint density at radius 2 is 2.00 bits per heavy atom. The van der Waals surface area contributed by atoms with Gasteiger partial charge in [-0.25, -0.2) is 14.2 Å². The summed E-state index contributed by atoms with van der Waals surface area (Å²) in [5.41, 5.74) is 2.09. The molecule has 1 aliphatic rings. The van der Waals surface area contributed by atoms with Crippen molar-refractivity contribution in [1.29, 1.82) is 0 Å². The first-order valence-corrected chi connectivity index (χ1v) is 13.3. The number of fused-ring (bicyclic) bond motifs is 4. The maximum atomic E-state index is 15.2. The van der Waals surface area contributed by atoms with Gasteiger partial charge in [0.1, 0.15) is 0 Å². The molecule has 0 radical (unpaired) electrons. The lowest BCUT2D eigenvalue weighted by atomic mass is 9.97. The molecule has 5 rings (SSSR count). The monoisotopic (exact) mass is 579 g/mol. The van der Waals surface area contributed by atoms with E-state index in [0.717, 1.165) is 5.56 Å². The van der Waals surface area contributed by atoms with Gasteiger partial charge in [0.05, 0.1) is 64.7 Å². The number of aryl methyl sites for hydroxylation is 1. The van der Waals surface area contributed by atoms with Crippen LogP contribution in [-0.4, -0.2) is 43.4 Å². The summed E-state index contributed by atoms with van der Waals surface area (Å²) in [7, 11) is 2.96. The lowest BCUT2D eigenvalue weighted by Crippen LogP contribution is -2.27. The summed E-state index contributed by atoms with van der Waals surface area (Å²) in [4.78, 5) is 47.2. The number of hydrogen-bond acceptors (Lipinski definition) is 7. The molecule has 2 amide bonds. The van der Waals surface area contributed by atoms with Gasteiger partial charge in [0.2, 0.25) is 5.91 Å². The highest BCUT2D eigenvalue weighted by molar-refractivity contribution is 6.31. The molecule has 1 aliphatic heterocycles. The van der Waals surface area contributed by atoms with Gasteiger partial charge in [0.15, 0.2) is 5.82 Å². The van der Waals surface area contributed by atoms with Crippen molar-refractivity contribution in [3.63, 3.8) is 0 Å². The lowest BCUT2D eigenvalue weighted by molar-refractivity contribution is -0.119. The fourth-order valence-electron chi connectivity index (χ4n) is 4.93. The second kappa shape index (κ2) is 11.5. The minimum absolute atomic E-state index is 0.0164. The molecule has 11 nitrogen and oxygen atoms in total. The zero-order valence-electron chi connectivity index (χ0n) is 22.5. The zero-order chi connectivity index (χ0) is 29.3. The molecular weight excluding hydrogens is 553 g/mol. The predicted molar refractivity (Wildman–Crippen MR) is 151 cm³/mol. The number of carbonyl (C=O) groups is 2. The van der Waals surface area contributed by atoms with E-state index in [-0.39, 0.29) is 33.8 Å². The third kappa shape index (κ3) is 5.55. The molecule has 1 aromatic carbocycles. The standard InChI is InChI=1S/C28H27ClFN7O4/c1-15-5-4-6-22(19-11-16(9-10-31-19)26-21(34-27(15)39)13-33-36(26)2)37-14-32-20(12-23(37)38)24-18(35-28(40)41-3)8-7-17(29)25(24)30/h7-15,22H,4-6H2,1-3H3,(H,34,39)(H,35,40). The largest absolute Gasteiger partial charge is 0.453 e. The van der Waals surface area contributed by atoms with Gasteiger partial charge in [-0.1, -0.05) is 24.9 Å². The minimum Gasteiger partial charge on any atom is -0.453 e. The topological polar surface area (TPSA) is 133 Å². The molecule has 2 N–H and O–H groups in total. The molecule has 41 heavy (non-hydrogen) atoms. The number of amides is 2. The van der Waals surface area contributed by atoms with Gasteiger partial charge in [-0.05, 0) is 37.1 Å². The van der Waals surface area contributed by atoms with Crippen molar-refractivity contribution in [3.8, 4) is 22.5 Å². The van der Waals surface area contributed by atoms with E-state index in [1.54, 1.807) is 24.1 Å². The number of aromatic nitrogens is 5. The van der Waals surface area contributed by atoms with Crippen molar-refractivity contribution >= 4 is 35.0 Å². The van der Waals surface area contributed by atoms with Crippen LogP contribution in [0, 0.1) is 11.7 Å². The van der Waals surface area contributed by atoms with Gasteiger partial charge < -0.3 is 10.1 Å². The third-order valence-corrected chi connectivity index (χ3v) is 7.39. The lowest BCUT2D eigenvalue weighted by Gasteiger charge is -2.22. The summed E-state index contributed by atoms with van der Waals surface area (Å²) in [5, 5.41) is 9.52. The molecule has 0 spiro atoms. The average Bonchev–Trinajstić information content (AvgIpc) is 3.32. The van der Waals surface area contributed by atoms with Crippen LogP contribution in [0.1, 0.15) is 37.9 Å². The first kappa shape index (κ1) is 28.0. The van der Waals surface area contributed by atoms with Crippen molar-refractivity contribution in [2.24, 2.45) is 13.0 Å². The molecule has 0 aliphatic carbocycles. The van der Waals surface area contributed by atoms with Crippen LogP contribution in [0.15, 0.2) is 53.8 Å². The smallest absolute Gasteiger partial charge is 0.411 e. The van der Waals surface area contributed by atoms with Crippen LogP contribution in [0.5, 0.6) is 0 Å². The molecule has 0 fully saturated rings. The number of methoxy groups -OCH3 is 1. The number of ether oxygens (including phenoxy) is 1. The second-order valence-corrected chi connectivity index (χ2v) is 10.2. The summed E-state index contributed by atoms with van der Waals surface area (Å²) in [6, 6.07) is 7.02. The number of benzene rings is 1. The predicted octanol–water partition coefficient (Wildman–Crippen LogP) is 5.02. The molecule has 2 atom stereocenters. The van der Waals surface area contributed by atoms with E-state index in [1.807, 2.05) is 19.1 Å². The highest BCUT2D eigenvalue weighted by Gasteiger charge is 2.25.